The number of likely N-dealkylation sites (tertiary alicyclic amines) is 1. The number of aliphatic hydroxyl groups excluding tert-OH is 1. The molecule has 0 aromatic rings. The van der Waals surface area contributed by atoms with E-state index >= 15 is 0 Å². The van der Waals surface area contributed by atoms with Crippen LogP contribution in [0.25, 0.3) is 0 Å². The standard InChI is InChI=1S/C11H20N2O2/c1-2-11(3-5-12-6-4-11)10(15)13-7-9(14)8-13/h9,12,14H,2-8H2,1H3. The first kappa shape index (κ1) is 10.9. The van der Waals surface area contributed by atoms with Crippen molar-refractivity contribution >= 4 is 5.91 Å². The molecule has 4 nitrogen and oxygen atoms in total. The molecule has 4 heteroatoms. The fourth-order valence-corrected chi connectivity index (χ4v) is 2.58. The molecule has 0 radical (unpaired) electrons. The summed E-state index contributed by atoms with van der Waals surface area (Å²) in [5.41, 5.74) is -0.147. The van der Waals surface area contributed by atoms with Gasteiger partial charge in [0.15, 0.2) is 0 Å². The van der Waals surface area contributed by atoms with Gasteiger partial charge >= 0.3 is 0 Å². The molecule has 0 unspecified atom stereocenters. The number of amides is 1. The molecular formula is C11H20N2O2. The van der Waals surface area contributed by atoms with Gasteiger partial charge < -0.3 is 15.3 Å². The molecule has 15 heavy (non-hydrogen) atoms. The summed E-state index contributed by atoms with van der Waals surface area (Å²) in [7, 11) is 0. The maximum absolute atomic E-state index is 12.3. The molecule has 0 bridgehead atoms. The van der Waals surface area contributed by atoms with Crippen LogP contribution in [0, 0.1) is 5.41 Å². The lowest BCUT2D eigenvalue weighted by molar-refractivity contribution is -0.154. The van der Waals surface area contributed by atoms with Crippen LogP contribution in [-0.4, -0.2) is 48.2 Å². The van der Waals surface area contributed by atoms with E-state index in [9.17, 15) is 9.90 Å². The number of nitrogens with one attached hydrogen (secondary N) is 1. The van der Waals surface area contributed by atoms with Crippen LogP contribution in [0.1, 0.15) is 26.2 Å². The molecule has 1 amide bonds. The van der Waals surface area contributed by atoms with Crippen LogP contribution in [0.5, 0.6) is 0 Å². The van der Waals surface area contributed by atoms with Gasteiger partial charge in [-0.3, -0.25) is 4.79 Å². The quantitative estimate of drug-likeness (QED) is 0.676. The van der Waals surface area contributed by atoms with Crippen LogP contribution in [-0.2, 0) is 4.79 Å². The molecular weight excluding hydrogens is 192 g/mol. The summed E-state index contributed by atoms with van der Waals surface area (Å²) >= 11 is 0. The van der Waals surface area contributed by atoms with Gasteiger partial charge in [0.2, 0.25) is 5.91 Å². The van der Waals surface area contributed by atoms with E-state index in [4.69, 9.17) is 0 Å². The Kier molecular flexibility index (Phi) is 2.98. The maximum atomic E-state index is 12.3. The first-order valence-electron chi connectivity index (χ1n) is 5.86. The van der Waals surface area contributed by atoms with E-state index in [-0.39, 0.29) is 17.4 Å². The van der Waals surface area contributed by atoms with Gasteiger partial charge in [0.1, 0.15) is 0 Å². The van der Waals surface area contributed by atoms with E-state index in [1.165, 1.54) is 0 Å². The van der Waals surface area contributed by atoms with Crippen molar-refractivity contribution in [2.75, 3.05) is 26.2 Å². The number of hydrogen-bond acceptors (Lipinski definition) is 3. The summed E-state index contributed by atoms with van der Waals surface area (Å²) in [6.45, 7) is 5.05. The summed E-state index contributed by atoms with van der Waals surface area (Å²) in [4.78, 5) is 14.1. The summed E-state index contributed by atoms with van der Waals surface area (Å²) in [5, 5.41) is 12.5. The van der Waals surface area contributed by atoms with Crippen molar-refractivity contribution < 1.29 is 9.90 Å². The van der Waals surface area contributed by atoms with Crippen molar-refractivity contribution in [1.82, 2.24) is 10.2 Å². The fourth-order valence-electron chi connectivity index (χ4n) is 2.58. The first-order chi connectivity index (χ1) is 7.18. The number of piperidine rings is 1. The van der Waals surface area contributed by atoms with Gasteiger partial charge in [-0.05, 0) is 32.4 Å². The number of nitrogens with zero attached hydrogens (tertiary/aromatic N) is 1. The zero-order valence-corrected chi connectivity index (χ0v) is 9.33. The van der Waals surface area contributed by atoms with E-state index < -0.39 is 0 Å². The summed E-state index contributed by atoms with van der Waals surface area (Å²) in [6.07, 6.45) is 2.51. The molecule has 2 heterocycles. The Morgan fingerprint density at radius 1 is 1.47 bits per heavy atom. The van der Waals surface area contributed by atoms with Crippen molar-refractivity contribution in [2.24, 2.45) is 5.41 Å². The third-order valence-electron chi connectivity index (χ3n) is 3.84. The minimum atomic E-state index is -0.287. The van der Waals surface area contributed by atoms with Gasteiger partial charge in [-0.2, -0.15) is 0 Å². The molecule has 0 saturated carbocycles. The minimum Gasteiger partial charge on any atom is -0.389 e. The smallest absolute Gasteiger partial charge is 0.229 e. The molecule has 2 saturated heterocycles. The topological polar surface area (TPSA) is 52.6 Å². The van der Waals surface area contributed by atoms with Crippen LogP contribution in [0.2, 0.25) is 0 Å². The highest BCUT2D eigenvalue weighted by Crippen LogP contribution is 2.35. The zero-order valence-electron chi connectivity index (χ0n) is 9.33. The van der Waals surface area contributed by atoms with Crippen molar-refractivity contribution in [2.45, 2.75) is 32.3 Å². The van der Waals surface area contributed by atoms with Gasteiger partial charge in [-0.15, -0.1) is 0 Å². The highest BCUT2D eigenvalue weighted by atomic mass is 16.3. The number of hydrogen-bond donors (Lipinski definition) is 2. The molecule has 0 atom stereocenters. The lowest BCUT2D eigenvalue weighted by Crippen LogP contribution is -2.59. The van der Waals surface area contributed by atoms with E-state index in [1.54, 1.807) is 4.90 Å². The molecule has 86 valence electrons. The van der Waals surface area contributed by atoms with Crippen LogP contribution >= 0.6 is 0 Å². The zero-order chi connectivity index (χ0) is 10.9. The molecule has 2 aliphatic heterocycles. The molecule has 0 spiro atoms. The largest absolute Gasteiger partial charge is 0.389 e. The third kappa shape index (κ3) is 1.88. The Hall–Kier alpha value is -0.610. The first-order valence-corrected chi connectivity index (χ1v) is 5.86. The lowest BCUT2D eigenvalue weighted by Gasteiger charge is -2.44. The van der Waals surface area contributed by atoms with Gasteiger partial charge in [-0.1, -0.05) is 6.92 Å². The summed E-state index contributed by atoms with van der Waals surface area (Å²) in [6, 6.07) is 0. The Morgan fingerprint density at radius 3 is 2.53 bits per heavy atom. The van der Waals surface area contributed by atoms with Crippen molar-refractivity contribution in [3.63, 3.8) is 0 Å². The lowest BCUT2D eigenvalue weighted by atomic mass is 9.75. The molecule has 0 aromatic carbocycles. The average Bonchev–Trinajstić information content (AvgIpc) is 2.25. The molecule has 2 N–H and O–H groups in total. The van der Waals surface area contributed by atoms with Gasteiger partial charge in [-0.25, -0.2) is 0 Å². The monoisotopic (exact) mass is 212 g/mol. The molecule has 0 aliphatic carbocycles. The van der Waals surface area contributed by atoms with E-state index in [1.807, 2.05) is 0 Å². The maximum Gasteiger partial charge on any atom is 0.229 e. The molecule has 0 aromatic heterocycles. The minimum absolute atomic E-state index is 0.147. The highest BCUT2D eigenvalue weighted by molar-refractivity contribution is 5.83. The Bertz CT molecular complexity index is 243. The van der Waals surface area contributed by atoms with Crippen LogP contribution in [0.15, 0.2) is 0 Å². The van der Waals surface area contributed by atoms with Crippen LogP contribution in [0.4, 0.5) is 0 Å². The second-order valence-corrected chi connectivity index (χ2v) is 4.75. The number of rotatable bonds is 2. The molecule has 2 aliphatic rings. The second kappa shape index (κ2) is 4.10. The predicted octanol–water partition coefficient (Wildman–Crippen LogP) is -0.0307. The SMILES string of the molecule is CCC1(C(=O)N2CC(O)C2)CCNCC1. The van der Waals surface area contributed by atoms with Crippen molar-refractivity contribution in [1.29, 1.82) is 0 Å². The Labute approximate surface area is 90.6 Å². The van der Waals surface area contributed by atoms with Gasteiger partial charge in [0.05, 0.1) is 11.5 Å². The predicted molar refractivity (Wildman–Crippen MR) is 57.4 cm³/mol. The van der Waals surface area contributed by atoms with E-state index in [2.05, 4.69) is 12.2 Å². The number of β-amino-alcohol motifs (C(OH)–C–C–N with tert-alkyl or cyclic N) is 1. The number of carbonyl (C=O) groups is 1. The molecule has 2 rings (SSSR count). The number of aliphatic hydroxyl groups is 1. The third-order valence-corrected chi connectivity index (χ3v) is 3.84. The molecule has 2 fully saturated rings. The normalized spacial score (nSPS) is 26.1. The Morgan fingerprint density at radius 2 is 2.07 bits per heavy atom. The van der Waals surface area contributed by atoms with Crippen molar-refractivity contribution in [3.05, 3.63) is 0 Å². The van der Waals surface area contributed by atoms with Crippen molar-refractivity contribution in [3.8, 4) is 0 Å². The number of carbonyl (C=O) groups excluding carboxylic acids is 1. The summed E-state index contributed by atoms with van der Waals surface area (Å²) < 4.78 is 0. The second-order valence-electron chi connectivity index (χ2n) is 4.75. The average molecular weight is 212 g/mol. The fraction of sp³-hybridized carbons (Fsp3) is 0.909. The van der Waals surface area contributed by atoms with E-state index in [0.29, 0.717) is 13.1 Å². The summed E-state index contributed by atoms with van der Waals surface area (Å²) in [5.74, 6) is 0.261. The van der Waals surface area contributed by atoms with Gasteiger partial charge in [0.25, 0.3) is 0 Å². The van der Waals surface area contributed by atoms with Crippen LogP contribution < -0.4 is 5.32 Å². The van der Waals surface area contributed by atoms with Gasteiger partial charge in [0, 0.05) is 13.1 Å². The Balaban J connectivity index is 2.01. The van der Waals surface area contributed by atoms with Crippen LogP contribution in [0.3, 0.4) is 0 Å². The van der Waals surface area contributed by atoms with E-state index in [0.717, 1.165) is 32.4 Å². The highest BCUT2D eigenvalue weighted by Gasteiger charge is 2.43.